The molecule has 0 aromatic rings. The van der Waals surface area contributed by atoms with E-state index in [-0.39, 0.29) is 0 Å². The van der Waals surface area contributed by atoms with Gasteiger partial charge in [-0.05, 0) is 20.8 Å². The van der Waals surface area contributed by atoms with Gasteiger partial charge in [-0.25, -0.2) is 0 Å². The highest BCUT2D eigenvalue weighted by Gasteiger charge is 2.63. The van der Waals surface area contributed by atoms with E-state index >= 15 is 0 Å². The fraction of sp³-hybridized carbons (Fsp3) is 0.971. The summed E-state index contributed by atoms with van der Waals surface area (Å²) >= 11 is 0. The first-order valence-corrected chi connectivity index (χ1v) is 40.3. The number of ether oxygens (including phenoxy) is 21. The maximum absolute atomic E-state index is 13.9. The predicted molar refractivity (Wildman–Crippen MR) is 381 cm³/mol. The molecule has 0 radical (unpaired) electrons. The molecule has 0 aliphatic carbocycles. The minimum Gasteiger partial charge on any atom is -0.394 e. The Morgan fingerprint density at radius 3 is 0.888 bits per heavy atom. The number of rotatable bonds is 30. The van der Waals surface area contributed by atoms with Gasteiger partial charge in [0.1, 0.15) is 250 Å². The number of nitrogens with one attached hydrogen (secondary N) is 2. The van der Waals surface area contributed by atoms with Crippen LogP contribution in [0, 0.1) is 0 Å². The molecule has 0 aromatic carbocycles. The molecule has 125 heavy (non-hydrogen) atoms. The van der Waals surface area contributed by atoms with Gasteiger partial charge in [0.05, 0.1) is 71.2 Å². The van der Waals surface area contributed by atoms with Gasteiger partial charge in [-0.3, -0.25) is 9.59 Å². The SMILES string of the molecule is CC(=O)N[C@H]1[C@H](OC[C@H]2O[C@@H](O[C@H]3[C@H](O)[C@@H](O)[C@@H](O)O[C@@H]3CO)[C@H](O)[C@@H](O[C@@H]3O[C@H](CO)[C@@H](O[C@@H]4O[C@H](CO)[C@H](O)[C@H](O[C@H]5O[C@H](CO)[C@H](O)[C@H](O)[C@H]5O)[C@H]4O[C@@H]4O[C@@H](C)[C@@H](O)[C@@H](O)[C@@H]4O)[C@H](O[C@@H]4O[C@@H](C)[C@@H](O)[C@@H](O)[C@@H]4O)[C@H]3NC(C)=O)[C@H]2O)O[C@H](CO)[C@@H](O[C@@H]2O[C@H](CO)[C@H](O)[C@H](O[C@H]3O[C@H](CO)[C@H](O)[C@H](O)[C@H]3O)[C@H]2O)[C@@H]1O[C@@H]1O[C@@H](C)[C@@H](O)[C@@H](O)[C@@H]1O. The summed E-state index contributed by atoms with van der Waals surface area (Å²) < 4.78 is 127. The van der Waals surface area contributed by atoms with Gasteiger partial charge in [0.2, 0.25) is 11.8 Å². The molecular formula is C70H118N2O53. The maximum atomic E-state index is 13.9. The summed E-state index contributed by atoms with van der Waals surface area (Å²) in [7, 11) is 0. The Morgan fingerprint density at radius 1 is 0.224 bits per heavy atom. The zero-order valence-corrected chi connectivity index (χ0v) is 67.2. The van der Waals surface area contributed by atoms with Gasteiger partial charge in [-0.2, -0.15) is 0 Å². The maximum Gasteiger partial charge on any atom is 0.217 e. The molecule has 11 aliphatic heterocycles. The molecule has 11 aliphatic rings. The molecule has 11 saturated heterocycles. The van der Waals surface area contributed by atoms with Crippen LogP contribution in [0.5, 0.6) is 0 Å². The fourth-order valence-electron chi connectivity index (χ4n) is 16.4. The highest BCUT2D eigenvalue weighted by atomic mass is 16.8. The minimum atomic E-state index is -2.59. The smallest absolute Gasteiger partial charge is 0.217 e. The summed E-state index contributed by atoms with van der Waals surface area (Å²) in [6.45, 7) is -3.98. The van der Waals surface area contributed by atoms with E-state index in [9.17, 15) is 163 Å². The largest absolute Gasteiger partial charge is 0.394 e. The van der Waals surface area contributed by atoms with E-state index in [1.54, 1.807) is 0 Å². The molecule has 11 fully saturated rings. The van der Waals surface area contributed by atoms with Crippen LogP contribution >= 0.6 is 0 Å². The van der Waals surface area contributed by atoms with Crippen LogP contribution in [0.25, 0.3) is 0 Å². The van der Waals surface area contributed by atoms with Crippen LogP contribution in [0.4, 0.5) is 0 Å². The molecule has 55 atom stereocenters. The van der Waals surface area contributed by atoms with Gasteiger partial charge < -0.3 is 263 Å². The second kappa shape index (κ2) is 43.9. The third kappa shape index (κ3) is 21.8. The molecular weight excluding hydrogens is 1720 g/mol. The summed E-state index contributed by atoms with van der Waals surface area (Å²) in [5.41, 5.74) is 0. The first-order valence-electron chi connectivity index (χ1n) is 40.3. The Labute approximate surface area is 707 Å². The lowest BCUT2D eigenvalue weighted by Crippen LogP contribution is -2.72. The van der Waals surface area contributed by atoms with Crippen LogP contribution < -0.4 is 10.6 Å². The van der Waals surface area contributed by atoms with E-state index in [4.69, 9.17) is 99.5 Å². The Bertz CT molecular complexity index is 3330. The molecule has 2 amide bonds. The van der Waals surface area contributed by atoms with Crippen molar-refractivity contribution in [3.05, 3.63) is 0 Å². The molecule has 0 aromatic heterocycles. The van der Waals surface area contributed by atoms with Gasteiger partial charge in [0.15, 0.2) is 69.2 Å². The van der Waals surface area contributed by atoms with Gasteiger partial charge in [0.25, 0.3) is 0 Å². The Kier molecular flexibility index (Phi) is 36.0. The van der Waals surface area contributed by atoms with Crippen molar-refractivity contribution < 1.29 is 262 Å². The van der Waals surface area contributed by atoms with E-state index in [1.165, 1.54) is 20.8 Å². The summed E-state index contributed by atoms with van der Waals surface area (Å²) in [6.07, 6.45) is -112. The number of aliphatic hydroxyl groups excluding tert-OH is 30. The van der Waals surface area contributed by atoms with E-state index in [0.29, 0.717) is 0 Å². The van der Waals surface area contributed by atoms with Crippen LogP contribution in [0.15, 0.2) is 0 Å². The molecule has 55 heteroatoms. The monoisotopic (exact) mass is 1830 g/mol. The molecule has 55 nitrogen and oxygen atoms in total. The van der Waals surface area contributed by atoms with E-state index in [2.05, 4.69) is 10.6 Å². The summed E-state index contributed by atoms with van der Waals surface area (Å²) in [5, 5.41) is 339. The van der Waals surface area contributed by atoms with Crippen molar-refractivity contribution in [3.63, 3.8) is 0 Å². The number of hydrogen-bond donors (Lipinski definition) is 32. The van der Waals surface area contributed by atoms with Crippen LogP contribution in [0.3, 0.4) is 0 Å². The van der Waals surface area contributed by atoms with E-state index < -0.39 is 402 Å². The molecule has 0 saturated carbocycles. The van der Waals surface area contributed by atoms with Gasteiger partial charge >= 0.3 is 0 Å². The van der Waals surface area contributed by atoms with E-state index in [0.717, 1.165) is 13.8 Å². The summed E-state index contributed by atoms with van der Waals surface area (Å²) in [4.78, 5) is 27.6. The quantitative estimate of drug-likeness (QED) is 0.0318. The number of amides is 2. The average Bonchev–Trinajstić information content (AvgIpc) is 0.739. The normalized spacial score (nSPS) is 52.6. The molecule has 0 spiro atoms. The molecule has 32 N–H and O–H groups in total. The van der Waals surface area contributed by atoms with Crippen LogP contribution in [0.1, 0.15) is 34.6 Å². The van der Waals surface area contributed by atoms with Crippen LogP contribution in [-0.2, 0) is 109 Å². The summed E-state index contributed by atoms with van der Waals surface area (Å²) in [6, 6.07) is -4.24. The summed E-state index contributed by atoms with van der Waals surface area (Å²) in [5.74, 6) is -2.12. The molecule has 0 bridgehead atoms. The van der Waals surface area contributed by atoms with Crippen molar-refractivity contribution in [2.24, 2.45) is 0 Å². The lowest BCUT2D eigenvalue weighted by molar-refractivity contribution is -0.412. The van der Waals surface area contributed by atoms with Crippen LogP contribution in [-0.4, -0.2) is 556 Å². The number of carbonyl (C=O) groups excluding carboxylic acids is 2. The molecule has 0 unspecified atom stereocenters. The molecule has 726 valence electrons. The Balaban J connectivity index is 0.964. The van der Waals surface area contributed by atoms with Crippen molar-refractivity contribution in [3.8, 4) is 0 Å². The van der Waals surface area contributed by atoms with Gasteiger partial charge in [-0.1, -0.05) is 0 Å². The van der Waals surface area contributed by atoms with Crippen molar-refractivity contribution in [1.29, 1.82) is 0 Å². The van der Waals surface area contributed by atoms with Gasteiger partial charge in [-0.15, -0.1) is 0 Å². The third-order valence-corrected chi connectivity index (χ3v) is 23.7. The van der Waals surface area contributed by atoms with Crippen molar-refractivity contribution >= 4 is 11.8 Å². The lowest BCUT2D eigenvalue weighted by Gasteiger charge is -2.53. The second-order valence-corrected chi connectivity index (χ2v) is 32.3. The number of hydrogen-bond acceptors (Lipinski definition) is 53. The molecule has 11 heterocycles. The second-order valence-electron chi connectivity index (χ2n) is 32.3. The van der Waals surface area contributed by atoms with Crippen molar-refractivity contribution in [1.82, 2.24) is 10.6 Å². The average molecular weight is 1840 g/mol. The minimum absolute atomic E-state index is 0.869. The highest BCUT2D eigenvalue weighted by Crippen LogP contribution is 2.43. The molecule has 11 rings (SSSR count). The highest BCUT2D eigenvalue weighted by molar-refractivity contribution is 5.73. The number of carbonyl (C=O) groups is 2. The zero-order chi connectivity index (χ0) is 91.8. The van der Waals surface area contributed by atoms with Crippen molar-refractivity contribution in [2.45, 2.75) is 372 Å². The van der Waals surface area contributed by atoms with Gasteiger partial charge in [0, 0.05) is 13.8 Å². The zero-order valence-electron chi connectivity index (χ0n) is 67.2. The van der Waals surface area contributed by atoms with Crippen LogP contribution in [0.2, 0.25) is 0 Å². The first kappa shape index (κ1) is 102. The Morgan fingerprint density at radius 2 is 0.488 bits per heavy atom. The van der Waals surface area contributed by atoms with E-state index in [1.807, 2.05) is 0 Å². The Hall–Kier alpha value is -3.10. The third-order valence-electron chi connectivity index (χ3n) is 23.7. The standard InChI is InChI=1S/C70H118N2O53/c1-14-29(82)37(90)44(97)63(106-14)120-54-27(71-17(4)80)61(114-24(11-78)52(54)118-68-49(102)56(34(87)21(8-75)112-68)123-66-47(100)40(93)32(85)19(6-73)110-66)105-13-26-36(89)57(50(103)69(116-26)117-51-23(10-77)109-60(104)43(96)42(51)95)122-62-28(72-18(5)81)55(121-64-45(98)38(91)30(83)15(2)107-64)53(25(12-79)115-62)119-70-59(125-65-46(99)39(92)31(84)16(3)108-65)58(35(88)22(9-76)113-70)124-67-48(101)41(94)33(86)20(7-74)111-67/h14-16,19-70,73-79,82-104H,6-13H2,1-5H3,(H,71,80)(H,72,81)/t14-,15-,16-,19+,20+,21+,22+,23+,24+,25+,26+,27+,28+,29+,30+,31+,32-,33-,34-,35-,36-,37+,38+,39+,40-,41-,42+,43+,44-,45-,46-,47+,48+,49+,50+,51+,52+,53+,54+,55+,56-,57-,58-,59+,60-,61+,62-,63-,64-,65-,66+,67+,68-,69-,70-/m0/s1. The number of aliphatic hydroxyl groups is 30. The predicted octanol–water partition coefficient (Wildman–Crippen LogP) is -21.6. The topological polar surface area (TPSA) is 859 Å². The first-order chi connectivity index (χ1) is 59.1. The lowest BCUT2D eigenvalue weighted by atomic mass is 9.93. The van der Waals surface area contributed by atoms with Crippen molar-refractivity contribution in [2.75, 3.05) is 52.9 Å². The fourth-order valence-corrected chi connectivity index (χ4v) is 16.4.